The molecule has 0 atom stereocenters. The molecule has 0 aliphatic heterocycles. The summed E-state index contributed by atoms with van der Waals surface area (Å²) in [6.07, 6.45) is -0.164. The molecule has 0 fully saturated rings. The predicted octanol–water partition coefficient (Wildman–Crippen LogP) is 2.73. The van der Waals surface area contributed by atoms with Gasteiger partial charge in [-0.25, -0.2) is 4.79 Å². The molecule has 21 heavy (non-hydrogen) atoms. The Bertz CT molecular complexity index is 542. The molecule has 1 aromatic heterocycles. The Kier molecular flexibility index (Phi) is 6.35. The van der Waals surface area contributed by atoms with E-state index in [1.54, 1.807) is 13.8 Å². The van der Waals surface area contributed by atoms with Gasteiger partial charge >= 0.3 is 12.0 Å². The molecule has 0 unspecified atom stereocenters. The lowest BCUT2D eigenvalue weighted by Crippen LogP contribution is -2.40. The highest BCUT2D eigenvalue weighted by molar-refractivity contribution is 9.10. The van der Waals surface area contributed by atoms with Gasteiger partial charge in [0.05, 0.1) is 13.0 Å². The van der Waals surface area contributed by atoms with Crippen molar-refractivity contribution in [1.29, 1.82) is 0 Å². The molecule has 0 aliphatic carbocycles. The first-order chi connectivity index (χ1) is 9.68. The summed E-state index contributed by atoms with van der Waals surface area (Å²) in [4.78, 5) is 34.9. The molecule has 1 rings (SSSR count). The van der Waals surface area contributed by atoms with Crippen LogP contribution in [0.4, 0.5) is 4.79 Å². The van der Waals surface area contributed by atoms with Crippen molar-refractivity contribution in [3.05, 3.63) is 20.8 Å². The van der Waals surface area contributed by atoms with E-state index in [1.807, 2.05) is 11.4 Å². The SMILES string of the molecule is CC(C)(CC(=O)O)CC(=O)NC(=O)NCc1cc(Br)cs1. The first kappa shape index (κ1) is 17.6. The van der Waals surface area contributed by atoms with Gasteiger partial charge in [-0.15, -0.1) is 11.3 Å². The molecule has 0 spiro atoms. The summed E-state index contributed by atoms with van der Waals surface area (Å²) >= 11 is 4.80. The molecule has 1 heterocycles. The molecular weight excluding hydrogens is 360 g/mol. The van der Waals surface area contributed by atoms with Crippen molar-refractivity contribution >= 4 is 45.2 Å². The normalized spacial score (nSPS) is 11.0. The van der Waals surface area contributed by atoms with E-state index in [1.165, 1.54) is 11.3 Å². The standard InChI is InChI=1S/C13H17BrN2O4S/c1-13(2,5-11(18)19)4-10(17)16-12(20)15-6-9-3-8(14)7-21-9/h3,7H,4-6H2,1-2H3,(H,18,19)(H2,15,16,17,20). The Morgan fingerprint density at radius 2 is 2.00 bits per heavy atom. The second-order valence-corrected chi connectivity index (χ2v) is 7.29. The fourth-order valence-electron chi connectivity index (χ4n) is 1.74. The van der Waals surface area contributed by atoms with E-state index in [9.17, 15) is 14.4 Å². The van der Waals surface area contributed by atoms with Crippen LogP contribution in [0.3, 0.4) is 0 Å². The molecule has 0 radical (unpaired) electrons. The van der Waals surface area contributed by atoms with Gasteiger partial charge in [0.15, 0.2) is 0 Å². The highest BCUT2D eigenvalue weighted by Crippen LogP contribution is 2.24. The number of carbonyl (C=O) groups is 3. The van der Waals surface area contributed by atoms with E-state index < -0.39 is 23.3 Å². The minimum atomic E-state index is -0.972. The number of carbonyl (C=O) groups excluding carboxylic acids is 2. The first-order valence-electron chi connectivity index (χ1n) is 6.20. The van der Waals surface area contributed by atoms with Crippen molar-refractivity contribution in [2.45, 2.75) is 33.2 Å². The number of hydrogen-bond acceptors (Lipinski definition) is 4. The Hall–Kier alpha value is -1.41. The Labute approximate surface area is 135 Å². The van der Waals surface area contributed by atoms with Crippen molar-refractivity contribution in [2.24, 2.45) is 5.41 Å². The van der Waals surface area contributed by atoms with Crippen molar-refractivity contribution < 1.29 is 19.5 Å². The summed E-state index contributed by atoms with van der Waals surface area (Å²) in [5, 5.41) is 15.4. The van der Waals surface area contributed by atoms with E-state index >= 15 is 0 Å². The van der Waals surface area contributed by atoms with Crippen LogP contribution in [0.25, 0.3) is 0 Å². The van der Waals surface area contributed by atoms with Gasteiger partial charge in [-0.05, 0) is 27.4 Å². The van der Waals surface area contributed by atoms with E-state index in [0.29, 0.717) is 6.54 Å². The van der Waals surface area contributed by atoms with Gasteiger partial charge in [0.25, 0.3) is 0 Å². The number of hydrogen-bond donors (Lipinski definition) is 3. The number of imide groups is 1. The third-order valence-electron chi connectivity index (χ3n) is 2.57. The van der Waals surface area contributed by atoms with Gasteiger partial charge in [-0.2, -0.15) is 0 Å². The van der Waals surface area contributed by atoms with Crippen molar-refractivity contribution in [3.8, 4) is 0 Å². The maximum atomic E-state index is 11.7. The van der Waals surface area contributed by atoms with Crippen LogP contribution in [0.15, 0.2) is 15.9 Å². The average Bonchev–Trinajstić information content (AvgIpc) is 2.69. The third-order valence-corrected chi connectivity index (χ3v) is 4.26. The maximum absolute atomic E-state index is 11.7. The van der Waals surface area contributed by atoms with Crippen molar-refractivity contribution in [1.82, 2.24) is 10.6 Å². The van der Waals surface area contributed by atoms with Gasteiger partial charge in [-0.1, -0.05) is 13.8 Å². The summed E-state index contributed by atoms with van der Waals surface area (Å²) in [6.45, 7) is 3.66. The summed E-state index contributed by atoms with van der Waals surface area (Å²) < 4.78 is 0.941. The zero-order chi connectivity index (χ0) is 16.0. The maximum Gasteiger partial charge on any atom is 0.321 e. The van der Waals surface area contributed by atoms with Gasteiger partial charge in [0, 0.05) is 21.2 Å². The number of carboxylic acid groups (broad SMARTS) is 1. The van der Waals surface area contributed by atoms with Crippen molar-refractivity contribution in [2.75, 3.05) is 0 Å². The van der Waals surface area contributed by atoms with Crippen LogP contribution >= 0.6 is 27.3 Å². The largest absolute Gasteiger partial charge is 0.481 e. The monoisotopic (exact) mass is 376 g/mol. The van der Waals surface area contributed by atoms with Gasteiger partial charge in [0.2, 0.25) is 5.91 Å². The Balaban J connectivity index is 2.36. The zero-order valence-electron chi connectivity index (χ0n) is 11.7. The molecule has 3 N–H and O–H groups in total. The van der Waals surface area contributed by atoms with Crippen molar-refractivity contribution in [3.63, 3.8) is 0 Å². The molecule has 1 aromatic rings. The van der Waals surface area contributed by atoms with Gasteiger partial charge < -0.3 is 10.4 Å². The number of carboxylic acids is 1. The summed E-state index contributed by atoms with van der Waals surface area (Å²) in [6, 6.07) is 1.29. The van der Waals surface area contributed by atoms with Gasteiger partial charge in [-0.3, -0.25) is 14.9 Å². The molecule has 8 heteroatoms. The van der Waals surface area contributed by atoms with Crippen LogP contribution in [-0.2, 0) is 16.1 Å². The van der Waals surface area contributed by atoms with Crippen LogP contribution in [0.2, 0.25) is 0 Å². The third kappa shape index (κ3) is 7.24. The lowest BCUT2D eigenvalue weighted by atomic mass is 9.85. The summed E-state index contributed by atoms with van der Waals surface area (Å²) in [5.74, 6) is -1.47. The molecule has 6 nitrogen and oxygen atoms in total. The van der Waals surface area contributed by atoms with E-state index in [4.69, 9.17) is 5.11 Å². The van der Waals surface area contributed by atoms with E-state index in [2.05, 4.69) is 26.6 Å². The lowest BCUT2D eigenvalue weighted by molar-refractivity contribution is -0.139. The Morgan fingerprint density at radius 1 is 1.33 bits per heavy atom. The lowest BCUT2D eigenvalue weighted by Gasteiger charge is -2.21. The highest BCUT2D eigenvalue weighted by atomic mass is 79.9. The number of halogens is 1. The number of aliphatic carboxylic acids is 1. The fourth-order valence-corrected chi connectivity index (χ4v) is 3.13. The van der Waals surface area contributed by atoms with Crippen LogP contribution in [-0.4, -0.2) is 23.0 Å². The van der Waals surface area contributed by atoms with Crippen LogP contribution < -0.4 is 10.6 Å². The number of urea groups is 1. The van der Waals surface area contributed by atoms with Crippen LogP contribution in [0.1, 0.15) is 31.6 Å². The minimum absolute atomic E-state index is 0.0305. The molecule has 0 saturated carbocycles. The zero-order valence-corrected chi connectivity index (χ0v) is 14.1. The summed E-state index contributed by atoms with van der Waals surface area (Å²) in [7, 11) is 0. The fraction of sp³-hybridized carbons (Fsp3) is 0.462. The second kappa shape index (κ2) is 7.56. The van der Waals surface area contributed by atoms with Crippen LogP contribution in [0, 0.1) is 5.41 Å². The number of rotatable bonds is 6. The Morgan fingerprint density at radius 3 is 2.52 bits per heavy atom. The number of amides is 3. The quantitative estimate of drug-likeness (QED) is 0.710. The molecule has 0 aromatic carbocycles. The van der Waals surface area contributed by atoms with Crippen LogP contribution in [0.5, 0.6) is 0 Å². The van der Waals surface area contributed by atoms with Gasteiger partial charge in [0.1, 0.15) is 0 Å². The second-order valence-electron chi connectivity index (χ2n) is 5.37. The molecule has 0 bridgehead atoms. The average molecular weight is 377 g/mol. The summed E-state index contributed by atoms with van der Waals surface area (Å²) in [5.41, 5.74) is -0.700. The van der Waals surface area contributed by atoms with E-state index in [-0.39, 0.29) is 12.8 Å². The number of nitrogens with one attached hydrogen (secondary N) is 2. The molecule has 0 aliphatic rings. The minimum Gasteiger partial charge on any atom is -0.481 e. The number of thiophene rings is 1. The molecule has 3 amide bonds. The topological polar surface area (TPSA) is 95.5 Å². The molecule has 0 saturated heterocycles. The molecular formula is C13H17BrN2O4S. The first-order valence-corrected chi connectivity index (χ1v) is 7.87. The molecule has 116 valence electrons. The smallest absolute Gasteiger partial charge is 0.321 e. The van der Waals surface area contributed by atoms with E-state index in [0.717, 1.165) is 9.35 Å². The predicted molar refractivity (Wildman–Crippen MR) is 83.0 cm³/mol. The highest BCUT2D eigenvalue weighted by Gasteiger charge is 2.25.